The molecule has 2 aliphatic heterocycles. The molecule has 4 heterocycles. The maximum absolute atomic E-state index is 7.21. The Balaban J connectivity index is 1.27. The summed E-state index contributed by atoms with van der Waals surface area (Å²) in [5.41, 5.74) is 23.5. The molecule has 376 valence electrons. The highest BCUT2D eigenvalue weighted by Crippen LogP contribution is 2.50. The van der Waals surface area contributed by atoms with Gasteiger partial charge in [0, 0.05) is 44.8 Å². The third kappa shape index (κ3) is 7.94. The Morgan fingerprint density at radius 2 is 0.933 bits per heavy atom. The molecule has 2 aliphatic rings. The predicted molar refractivity (Wildman–Crippen MR) is 324 cm³/mol. The standard InChI is InChI=1S/C70H72BN3O/c1-66(2,3)44-25-31-49(32-26-44)72(50-33-27-45(28-34-50)67(4,5)6)51-41-59-63-60(42-51)74-64-54(62-52-23-19-20-24-61(52)75-65(62)74)38-48(70(13,14)15)39-56(64)71(63)55-35-29-47(69(10,11)12)40-58(55)73(59)57-36-30-46(68(7,8)9)37-53(57)43-21-17-16-18-22-43/h16-42H,1-15H3. The minimum Gasteiger partial charge on any atom is -0.439 e. The molecular weight excluding hydrogens is 910 g/mol. The summed E-state index contributed by atoms with van der Waals surface area (Å²) in [7, 11) is 0. The van der Waals surface area contributed by atoms with Crippen molar-refractivity contribution >= 4 is 90.2 Å². The smallest absolute Gasteiger partial charge is 0.252 e. The van der Waals surface area contributed by atoms with Crippen molar-refractivity contribution in [2.45, 2.75) is 131 Å². The molecule has 0 N–H and O–H groups in total. The van der Waals surface area contributed by atoms with E-state index in [9.17, 15) is 0 Å². The minimum absolute atomic E-state index is 0.000479. The zero-order chi connectivity index (χ0) is 52.9. The Kier molecular flexibility index (Phi) is 10.8. The van der Waals surface area contributed by atoms with Crippen LogP contribution in [0.5, 0.6) is 0 Å². The van der Waals surface area contributed by atoms with E-state index in [0.717, 1.165) is 50.8 Å². The molecule has 10 aromatic rings. The van der Waals surface area contributed by atoms with Crippen molar-refractivity contribution in [3.63, 3.8) is 0 Å². The van der Waals surface area contributed by atoms with E-state index in [-0.39, 0.29) is 33.8 Å². The summed E-state index contributed by atoms with van der Waals surface area (Å²) in [4.78, 5) is 5.12. The van der Waals surface area contributed by atoms with E-state index < -0.39 is 0 Å². The highest BCUT2D eigenvalue weighted by Gasteiger charge is 2.45. The lowest BCUT2D eigenvalue weighted by atomic mass is 9.33. The first-order chi connectivity index (χ1) is 35.4. The molecule has 0 aliphatic carbocycles. The number of anilines is 6. The average Bonchev–Trinajstić information content (AvgIpc) is 3.89. The van der Waals surface area contributed by atoms with Crippen LogP contribution in [0.15, 0.2) is 168 Å². The molecule has 0 atom stereocenters. The topological polar surface area (TPSA) is 24.6 Å². The molecule has 0 radical (unpaired) electrons. The van der Waals surface area contributed by atoms with E-state index in [2.05, 4.69) is 282 Å². The van der Waals surface area contributed by atoms with Gasteiger partial charge in [-0.1, -0.05) is 201 Å². The number of benzene rings is 8. The molecule has 0 spiro atoms. The molecule has 0 saturated heterocycles. The van der Waals surface area contributed by atoms with Gasteiger partial charge in [0.2, 0.25) is 5.71 Å². The SMILES string of the molecule is CC(C)(C)c1ccc(N(c2ccc(C(C)(C)C)cc2)c2cc3c4c(c2)-n2c5oc6ccccc6c5c5cc(C(C)(C)C)cc(c52)B4c2ccc(C(C)(C)C)cc2N3c2ccc(C(C)(C)C)cc2-c2ccccc2)cc1. The van der Waals surface area contributed by atoms with Gasteiger partial charge in [-0.25, -0.2) is 0 Å². The third-order valence-corrected chi connectivity index (χ3v) is 16.4. The minimum atomic E-state index is -0.115. The Bertz CT molecular complexity index is 3840. The van der Waals surface area contributed by atoms with Crippen LogP contribution in [0.4, 0.5) is 34.1 Å². The van der Waals surface area contributed by atoms with Crippen LogP contribution >= 0.6 is 0 Å². The first-order valence-corrected chi connectivity index (χ1v) is 27.2. The van der Waals surface area contributed by atoms with Crippen molar-refractivity contribution in [1.82, 2.24) is 4.57 Å². The molecule has 0 amide bonds. The quantitative estimate of drug-likeness (QED) is 0.161. The number of fused-ring (bicyclic) bond motifs is 9. The zero-order valence-electron chi connectivity index (χ0n) is 46.9. The fourth-order valence-electron chi connectivity index (χ4n) is 12.0. The Morgan fingerprint density at radius 1 is 0.400 bits per heavy atom. The van der Waals surface area contributed by atoms with Crippen molar-refractivity contribution in [1.29, 1.82) is 0 Å². The second kappa shape index (κ2) is 16.6. The maximum atomic E-state index is 7.21. The number of rotatable bonds is 5. The van der Waals surface area contributed by atoms with E-state index in [0.29, 0.717) is 0 Å². The number of para-hydroxylation sites is 1. The molecule has 5 heteroatoms. The molecular formula is C70H72BN3O. The van der Waals surface area contributed by atoms with Crippen molar-refractivity contribution in [3.8, 4) is 16.8 Å². The van der Waals surface area contributed by atoms with Crippen molar-refractivity contribution in [2.75, 3.05) is 9.80 Å². The van der Waals surface area contributed by atoms with E-state index in [1.54, 1.807) is 0 Å². The van der Waals surface area contributed by atoms with Gasteiger partial charge < -0.3 is 14.2 Å². The van der Waals surface area contributed by atoms with Crippen LogP contribution in [-0.2, 0) is 27.1 Å². The van der Waals surface area contributed by atoms with Gasteiger partial charge in [-0.15, -0.1) is 0 Å². The lowest BCUT2D eigenvalue weighted by Gasteiger charge is -2.43. The molecule has 4 nitrogen and oxygen atoms in total. The number of hydrogen-bond donors (Lipinski definition) is 0. The summed E-state index contributed by atoms with van der Waals surface area (Å²) >= 11 is 0. The summed E-state index contributed by atoms with van der Waals surface area (Å²) < 4.78 is 9.71. The van der Waals surface area contributed by atoms with E-state index in [1.807, 2.05) is 0 Å². The molecule has 8 aromatic carbocycles. The van der Waals surface area contributed by atoms with Gasteiger partial charge in [0.25, 0.3) is 6.71 Å². The zero-order valence-corrected chi connectivity index (χ0v) is 46.9. The van der Waals surface area contributed by atoms with Crippen LogP contribution < -0.4 is 26.2 Å². The summed E-state index contributed by atoms with van der Waals surface area (Å²) in [5.74, 6) is 0. The van der Waals surface area contributed by atoms with E-state index >= 15 is 0 Å². The lowest BCUT2D eigenvalue weighted by Crippen LogP contribution is -2.60. The molecule has 2 aromatic heterocycles. The third-order valence-electron chi connectivity index (χ3n) is 16.4. The normalized spacial score (nSPS) is 13.7. The molecule has 0 bridgehead atoms. The van der Waals surface area contributed by atoms with E-state index in [1.165, 1.54) is 77.3 Å². The lowest BCUT2D eigenvalue weighted by molar-refractivity contribution is 0.590. The first-order valence-electron chi connectivity index (χ1n) is 27.2. The molecule has 0 saturated carbocycles. The van der Waals surface area contributed by atoms with Crippen LogP contribution in [0.25, 0.3) is 49.8 Å². The second-order valence-corrected chi connectivity index (χ2v) is 26.8. The number of hydrogen-bond acceptors (Lipinski definition) is 3. The molecule has 0 fully saturated rings. The Labute approximate surface area is 446 Å². The van der Waals surface area contributed by atoms with Gasteiger partial charge in [0.15, 0.2) is 0 Å². The second-order valence-electron chi connectivity index (χ2n) is 26.8. The average molecular weight is 982 g/mol. The fourth-order valence-corrected chi connectivity index (χ4v) is 12.0. The van der Waals surface area contributed by atoms with Crippen molar-refractivity contribution < 1.29 is 4.42 Å². The first kappa shape index (κ1) is 48.7. The number of nitrogens with zero attached hydrogens (tertiary/aromatic N) is 3. The monoisotopic (exact) mass is 982 g/mol. The Morgan fingerprint density at radius 3 is 1.53 bits per heavy atom. The van der Waals surface area contributed by atoms with Crippen LogP contribution in [0.2, 0.25) is 0 Å². The predicted octanol–water partition coefficient (Wildman–Crippen LogP) is 17.8. The van der Waals surface area contributed by atoms with Crippen LogP contribution in [-0.4, -0.2) is 11.3 Å². The van der Waals surface area contributed by atoms with Gasteiger partial charge in [0.05, 0.1) is 22.3 Å². The van der Waals surface area contributed by atoms with Crippen LogP contribution in [0, 0.1) is 0 Å². The fraction of sp³-hybridized carbons (Fsp3) is 0.286. The summed E-state index contributed by atoms with van der Waals surface area (Å²) in [5, 5.41) is 3.55. The Hall–Kier alpha value is -7.24. The highest BCUT2D eigenvalue weighted by molar-refractivity contribution is 7.00. The van der Waals surface area contributed by atoms with Gasteiger partial charge in [0.1, 0.15) is 5.58 Å². The maximum Gasteiger partial charge on any atom is 0.252 e. The highest BCUT2D eigenvalue weighted by atomic mass is 16.3. The van der Waals surface area contributed by atoms with Gasteiger partial charge in [-0.2, -0.15) is 0 Å². The van der Waals surface area contributed by atoms with E-state index in [4.69, 9.17) is 4.42 Å². The van der Waals surface area contributed by atoms with Gasteiger partial charge >= 0.3 is 0 Å². The largest absolute Gasteiger partial charge is 0.439 e. The van der Waals surface area contributed by atoms with Crippen molar-refractivity contribution in [2.24, 2.45) is 0 Å². The number of furan rings is 1. The van der Waals surface area contributed by atoms with Crippen LogP contribution in [0.3, 0.4) is 0 Å². The van der Waals surface area contributed by atoms with Gasteiger partial charge in [-0.3, -0.25) is 4.57 Å². The van der Waals surface area contributed by atoms with Crippen molar-refractivity contribution in [3.05, 3.63) is 192 Å². The number of aromatic nitrogens is 1. The summed E-state index contributed by atoms with van der Waals surface area (Å²) in [6.07, 6.45) is 0. The van der Waals surface area contributed by atoms with Gasteiger partial charge in [-0.05, 0) is 144 Å². The molecule has 12 rings (SSSR count). The van der Waals surface area contributed by atoms with Crippen LogP contribution in [0.1, 0.15) is 132 Å². The summed E-state index contributed by atoms with van der Waals surface area (Å²) in [6, 6.07) is 62.8. The summed E-state index contributed by atoms with van der Waals surface area (Å²) in [6.45, 7) is 34.8. The molecule has 0 unspecified atom stereocenters. The molecule has 75 heavy (non-hydrogen) atoms.